The van der Waals surface area contributed by atoms with Crippen molar-refractivity contribution in [2.24, 2.45) is 11.8 Å². The number of benzene rings is 1. The minimum atomic E-state index is -1.04. The number of amides is 4. The molecule has 0 spiro atoms. The topological polar surface area (TPSA) is 74.8 Å². The molecule has 2 aliphatic heterocycles. The molecule has 108 valence electrons. The highest BCUT2D eigenvalue weighted by atomic mass is 16.2. The van der Waals surface area contributed by atoms with Crippen LogP contribution in [0, 0.1) is 11.8 Å². The van der Waals surface area contributed by atoms with Crippen LogP contribution in [0.2, 0.25) is 0 Å². The van der Waals surface area contributed by atoms with Crippen molar-refractivity contribution < 1.29 is 19.2 Å². The highest BCUT2D eigenvalue weighted by molar-refractivity contribution is 6.19. The van der Waals surface area contributed by atoms with Crippen molar-refractivity contribution in [3.8, 4) is 0 Å². The number of rotatable bonds is 2. The van der Waals surface area contributed by atoms with E-state index in [1.165, 1.54) is 7.05 Å². The third-order valence-corrected chi connectivity index (χ3v) is 4.06. The van der Waals surface area contributed by atoms with Gasteiger partial charge in [-0.2, -0.15) is 0 Å². The molecule has 0 aliphatic carbocycles. The molecule has 6 nitrogen and oxygen atoms in total. The second-order valence-electron chi connectivity index (χ2n) is 5.33. The predicted molar refractivity (Wildman–Crippen MR) is 71.4 cm³/mol. The molecule has 2 unspecified atom stereocenters. The minimum absolute atomic E-state index is 0.0852. The van der Waals surface area contributed by atoms with Crippen LogP contribution in [0.15, 0.2) is 30.3 Å². The summed E-state index contributed by atoms with van der Waals surface area (Å²) in [6.07, 6.45) is -0.0852. The SMILES string of the molecule is CN1C(=O)C2CC(=O)N(Cc3ccccc3)C(=O)C2C1=O. The lowest BCUT2D eigenvalue weighted by Crippen LogP contribution is -2.49. The number of fused-ring (bicyclic) bond motifs is 1. The summed E-state index contributed by atoms with van der Waals surface area (Å²) in [6.45, 7) is 0.132. The zero-order valence-corrected chi connectivity index (χ0v) is 11.5. The lowest BCUT2D eigenvalue weighted by atomic mass is 9.86. The number of imide groups is 2. The molecular weight excluding hydrogens is 272 g/mol. The molecule has 2 atom stereocenters. The normalized spacial score (nSPS) is 25.6. The van der Waals surface area contributed by atoms with Gasteiger partial charge in [0.1, 0.15) is 5.92 Å². The van der Waals surface area contributed by atoms with Crippen molar-refractivity contribution in [3.05, 3.63) is 35.9 Å². The minimum Gasteiger partial charge on any atom is -0.285 e. The predicted octanol–water partition coefficient (Wildman–Crippen LogP) is 0.176. The van der Waals surface area contributed by atoms with Gasteiger partial charge in [0.2, 0.25) is 23.6 Å². The van der Waals surface area contributed by atoms with Gasteiger partial charge >= 0.3 is 0 Å². The van der Waals surface area contributed by atoms with Crippen LogP contribution >= 0.6 is 0 Å². The van der Waals surface area contributed by atoms with Gasteiger partial charge in [-0.25, -0.2) is 0 Å². The van der Waals surface area contributed by atoms with Crippen LogP contribution in [0.25, 0.3) is 0 Å². The van der Waals surface area contributed by atoms with Crippen molar-refractivity contribution in [1.29, 1.82) is 0 Å². The molecule has 0 radical (unpaired) electrons. The molecule has 0 bridgehead atoms. The number of likely N-dealkylation sites (tertiary alicyclic amines) is 2. The van der Waals surface area contributed by atoms with E-state index in [1.54, 1.807) is 12.1 Å². The Bertz CT molecular complexity index is 640. The summed E-state index contributed by atoms with van der Waals surface area (Å²) in [7, 11) is 1.35. The van der Waals surface area contributed by atoms with Crippen LogP contribution in [0.5, 0.6) is 0 Å². The van der Waals surface area contributed by atoms with Crippen molar-refractivity contribution in [2.45, 2.75) is 13.0 Å². The van der Waals surface area contributed by atoms with Crippen molar-refractivity contribution in [2.75, 3.05) is 7.05 Å². The molecule has 1 aromatic rings. The Kier molecular flexibility index (Phi) is 3.08. The molecule has 0 saturated carbocycles. The Balaban J connectivity index is 1.88. The van der Waals surface area contributed by atoms with Gasteiger partial charge in [-0.1, -0.05) is 30.3 Å². The number of carbonyl (C=O) groups is 4. The summed E-state index contributed by atoms with van der Waals surface area (Å²) in [5.41, 5.74) is 0.808. The second-order valence-corrected chi connectivity index (χ2v) is 5.33. The van der Waals surface area contributed by atoms with Crippen LogP contribution in [-0.2, 0) is 25.7 Å². The van der Waals surface area contributed by atoms with Gasteiger partial charge in [0, 0.05) is 13.5 Å². The summed E-state index contributed by atoms with van der Waals surface area (Å²) >= 11 is 0. The Morgan fingerprint density at radius 3 is 2.33 bits per heavy atom. The average molecular weight is 286 g/mol. The third-order valence-electron chi connectivity index (χ3n) is 4.06. The van der Waals surface area contributed by atoms with Crippen LogP contribution in [-0.4, -0.2) is 40.5 Å². The zero-order chi connectivity index (χ0) is 15.1. The average Bonchev–Trinajstić information content (AvgIpc) is 2.69. The van der Waals surface area contributed by atoms with E-state index in [1.807, 2.05) is 18.2 Å². The van der Waals surface area contributed by atoms with E-state index < -0.39 is 35.5 Å². The van der Waals surface area contributed by atoms with Gasteiger partial charge in [0.25, 0.3) is 0 Å². The first kappa shape index (κ1) is 13.5. The fourth-order valence-corrected chi connectivity index (χ4v) is 2.88. The zero-order valence-electron chi connectivity index (χ0n) is 11.5. The van der Waals surface area contributed by atoms with Gasteiger partial charge in [0.05, 0.1) is 12.5 Å². The van der Waals surface area contributed by atoms with Gasteiger partial charge in [-0.15, -0.1) is 0 Å². The summed E-state index contributed by atoms with van der Waals surface area (Å²) in [5, 5.41) is 0. The van der Waals surface area contributed by atoms with E-state index in [4.69, 9.17) is 0 Å². The van der Waals surface area contributed by atoms with E-state index in [9.17, 15) is 19.2 Å². The quantitative estimate of drug-likeness (QED) is 0.574. The second kappa shape index (κ2) is 4.80. The molecule has 2 saturated heterocycles. The van der Waals surface area contributed by atoms with Crippen molar-refractivity contribution >= 4 is 23.6 Å². The van der Waals surface area contributed by atoms with Crippen molar-refractivity contribution in [1.82, 2.24) is 9.80 Å². The van der Waals surface area contributed by atoms with Gasteiger partial charge < -0.3 is 0 Å². The fourth-order valence-electron chi connectivity index (χ4n) is 2.88. The van der Waals surface area contributed by atoms with E-state index >= 15 is 0 Å². The van der Waals surface area contributed by atoms with Crippen LogP contribution < -0.4 is 0 Å². The van der Waals surface area contributed by atoms with Crippen molar-refractivity contribution in [3.63, 3.8) is 0 Å². The fraction of sp³-hybridized carbons (Fsp3) is 0.333. The first-order chi connectivity index (χ1) is 10.0. The van der Waals surface area contributed by atoms with Gasteiger partial charge in [-0.05, 0) is 5.56 Å². The van der Waals surface area contributed by atoms with E-state index in [-0.39, 0.29) is 13.0 Å². The molecular formula is C15H14N2O4. The summed E-state index contributed by atoms with van der Waals surface area (Å²) < 4.78 is 0. The van der Waals surface area contributed by atoms with Crippen LogP contribution in [0.4, 0.5) is 0 Å². The molecule has 0 N–H and O–H groups in total. The first-order valence-electron chi connectivity index (χ1n) is 6.70. The molecule has 2 aliphatic rings. The monoisotopic (exact) mass is 286 g/mol. The molecule has 2 heterocycles. The molecule has 21 heavy (non-hydrogen) atoms. The van der Waals surface area contributed by atoms with Crippen LogP contribution in [0.3, 0.4) is 0 Å². The number of piperidine rings is 1. The first-order valence-corrected chi connectivity index (χ1v) is 6.70. The van der Waals surface area contributed by atoms with E-state index in [0.717, 1.165) is 15.4 Å². The highest BCUT2D eigenvalue weighted by Crippen LogP contribution is 2.34. The molecule has 3 rings (SSSR count). The molecule has 1 aromatic carbocycles. The molecule has 0 aromatic heterocycles. The molecule has 4 amide bonds. The maximum Gasteiger partial charge on any atom is 0.242 e. The molecule has 6 heteroatoms. The highest BCUT2D eigenvalue weighted by Gasteiger charge is 2.55. The third kappa shape index (κ3) is 2.03. The standard InChI is InChI=1S/C15H14N2O4/c1-16-13(19)10-7-11(18)17(15(21)12(10)14(16)20)8-9-5-3-2-4-6-9/h2-6,10,12H,7-8H2,1H3. The number of hydrogen-bond donors (Lipinski definition) is 0. The van der Waals surface area contributed by atoms with Crippen LogP contribution in [0.1, 0.15) is 12.0 Å². The summed E-state index contributed by atoms with van der Waals surface area (Å²) in [4.78, 5) is 50.5. The molecule has 2 fully saturated rings. The summed E-state index contributed by atoms with van der Waals surface area (Å²) in [5.74, 6) is -3.78. The maximum atomic E-state index is 12.4. The summed E-state index contributed by atoms with van der Waals surface area (Å²) in [6, 6.07) is 9.08. The Hall–Kier alpha value is -2.50. The Morgan fingerprint density at radius 1 is 1.00 bits per heavy atom. The van der Waals surface area contributed by atoms with Gasteiger partial charge in [0.15, 0.2) is 0 Å². The number of carbonyl (C=O) groups excluding carboxylic acids is 4. The van der Waals surface area contributed by atoms with Gasteiger partial charge in [-0.3, -0.25) is 29.0 Å². The Morgan fingerprint density at radius 2 is 1.67 bits per heavy atom. The maximum absolute atomic E-state index is 12.4. The van der Waals surface area contributed by atoms with E-state index in [2.05, 4.69) is 0 Å². The lowest BCUT2D eigenvalue weighted by molar-refractivity contribution is -0.157. The number of hydrogen-bond acceptors (Lipinski definition) is 4. The largest absolute Gasteiger partial charge is 0.285 e. The number of nitrogens with zero attached hydrogens (tertiary/aromatic N) is 2. The lowest BCUT2D eigenvalue weighted by Gasteiger charge is -2.30. The smallest absolute Gasteiger partial charge is 0.242 e. The Labute approximate surface area is 121 Å². The van der Waals surface area contributed by atoms with E-state index in [0.29, 0.717) is 0 Å².